The molecule has 1 heterocycles. The maximum Gasteiger partial charge on any atom is 0.127 e. The lowest BCUT2D eigenvalue weighted by molar-refractivity contribution is 0.313. The smallest absolute Gasteiger partial charge is 0.127 e. The van der Waals surface area contributed by atoms with Crippen LogP contribution in [-0.2, 0) is 19.6 Å². The van der Waals surface area contributed by atoms with E-state index in [9.17, 15) is 4.39 Å². The lowest BCUT2D eigenvalue weighted by Crippen LogP contribution is -2.18. The van der Waals surface area contributed by atoms with Crippen molar-refractivity contribution in [3.63, 3.8) is 0 Å². The van der Waals surface area contributed by atoms with Crippen LogP contribution < -0.4 is 5.73 Å². The van der Waals surface area contributed by atoms with Gasteiger partial charge in [-0.1, -0.05) is 18.2 Å². The van der Waals surface area contributed by atoms with Crippen molar-refractivity contribution in [2.24, 2.45) is 5.73 Å². The Labute approximate surface area is 117 Å². The predicted octanol–water partition coefficient (Wildman–Crippen LogP) is 3.29. The molecule has 0 saturated carbocycles. The summed E-state index contributed by atoms with van der Waals surface area (Å²) in [5, 5.41) is 0. The maximum absolute atomic E-state index is 13.6. The molecule has 0 aliphatic rings. The number of halogens is 1. The predicted molar refractivity (Wildman–Crippen MR) is 78.5 cm³/mol. The van der Waals surface area contributed by atoms with Crippen LogP contribution in [0.3, 0.4) is 0 Å². The largest absolute Gasteiger partial charge is 0.326 e. The number of hydrogen-bond donors (Lipinski definition) is 1. The van der Waals surface area contributed by atoms with Crippen LogP contribution >= 0.6 is 11.3 Å². The Morgan fingerprint density at radius 3 is 2.53 bits per heavy atom. The van der Waals surface area contributed by atoms with Crippen LogP contribution in [-0.4, -0.2) is 11.9 Å². The molecule has 2 rings (SSSR count). The highest BCUT2D eigenvalue weighted by molar-refractivity contribution is 7.12. The first-order chi connectivity index (χ1) is 9.10. The van der Waals surface area contributed by atoms with Gasteiger partial charge in [-0.3, -0.25) is 4.90 Å². The van der Waals surface area contributed by atoms with E-state index in [0.717, 1.165) is 12.1 Å². The second-order valence-corrected chi connectivity index (χ2v) is 6.10. The molecule has 0 radical (unpaired) electrons. The minimum absolute atomic E-state index is 0.140. The van der Waals surface area contributed by atoms with Gasteiger partial charge >= 0.3 is 0 Å². The topological polar surface area (TPSA) is 29.3 Å². The van der Waals surface area contributed by atoms with E-state index in [4.69, 9.17) is 5.73 Å². The molecule has 0 bridgehead atoms. The minimum Gasteiger partial charge on any atom is -0.326 e. The van der Waals surface area contributed by atoms with Gasteiger partial charge in [-0.15, -0.1) is 11.3 Å². The lowest BCUT2D eigenvalue weighted by atomic mass is 10.2. The normalized spacial score (nSPS) is 11.2. The number of aryl methyl sites for hydroxylation is 1. The van der Waals surface area contributed by atoms with Crippen molar-refractivity contribution in [3.05, 3.63) is 57.0 Å². The highest BCUT2D eigenvalue weighted by Crippen LogP contribution is 2.23. The second-order valence-electron chi connectivity index (χ2n) is 4.76. The Hall–Kier alpha value is -1.23. The fourth-order valence-corrected chi connectivity index (χ4v) is 3.04. The number of hydrogen-bond acceptors (Lipinski definition) is 3. The average molecular weight is 278 g/mol. The molecule has 4 heteroatoms. The Morgan fingerprint density at radius 1 is 1.21 bits per heavy atom. The van der Waals surface area contributed by atoms with Crippen LogP contribution in [0, 0.1) is 12.7 Å². The molecule has 2 N–H and O–H groups in total. The summed E-state index contributed by atoms with van der Waals surface area (Å²) in [5.74, 6) is -0.140. The number of nitrogens with two attached hydrogens (primary N) is 1. The Morgan fingerprint density at radius 2 is 1.89 bits per heavy atom. The van der Waals surface area contributed by atoms with Crippen molar-refractivity contribution in [2.45, 2.75) is 26.6 Å². The van der Waals surface area contributed by atoms with Gasteiger partial charge in [0.15, 0.2) is 0 Å². The SMILES string of the molecule is Cc1sc(CN)cc1CN(C)Cc1ccccc1F. The summed E-state index contributed by atoms with van der Waals surface area (Å²) in [6, 6.07) is 9.07. The van der Waals surface area contributed by atoms with Gasteiger partial charge in [0.1, 0.15) is 5.82 Å². The quantitative estimate of drug-likeness (QED) is 0.909. The summed E-state index contributed by atoms with van der Waals surface area (Å²) in [4.78, 5) is 4.61. The van der Waals surface area contributed by atoms with E-state index in [1.54, 1.807) is 17.4 Å². The van der Waals surface area contributed by atoms with Gasteiger partial charge in [0.25, 0.3) is 0 Å². The number of benzene rings is 1. The van der Waals surface area contributed by atoms with Gasteiger partial charge in [-0.05, 0) is 31.7 Å². The molecule has 102 valence electrons. The van der Waals surface area contributed by atoms with Crippen molar-refractivity contribution in [3.8, 4) is 0 Å². The van der Waals surface area contributed by atoms with E-state index in [1.807, 2.05) is 19.2 Å². The van der Waals surface area contributed by atoms with Crippen LogP contribution in [0.5, 0.6) is 0 Å². The van der Waals surface area contributed by atoms with Crippen LogP contribution in [0.2, 0.25) is 0 Å². The summed E-state index contributed by atoms with van der Waals surface area (Å²) in [5.41, 5.74) is 7.67. The Balaban J connectivity index is 2.03. The zero-order chi connectivity index (χ0) is 13.8. The third kappa shape index (κ3) is 3.62. The first kappa shape index (κ1) is 14.2. The van der Waals surface area contributed by atoms with Gasteiger partial charge < -0.3 is 5.73 Å². The molecule has 0 amide bonds. The summed E-state index contributed by atoms with van der Waals surface area (Å²) in [6.45, 7) is 4.12. The molecule has 19 heavy (non-hydrogen) atoms. The molecule has 0 fully saturated rings. The molecular formula is C15H19FN2S. The first-order valence-electron chi connectivity index (χ1n) is 6.30. The van der Waals surface area contributed by atoms with E-state index in [1.165, 1.54) is 21.4 Å². The van der Waals surface area contributed by atoms with Crippen molar-refractivity contribution in [1.82, 2.24) is 4.90 Å². The van der Waals surface area contributed by atoms with Crippen LogP contribution in [0.1, 0.15) is 20.9 Å². The second kappa shape index (κ2) is 6.28. The van der Waals surface area contributed by atoms with E-state index in [0.29, 0.717) is 13.1 Å². The summed E-state index contributed by atoms with van der Waals surface area (Å²) < 4.78 is 13.6. The van der Waals surface area contributed by atoms with Crippen molar-refractivity contribution >= 4 is 11.3 Å². The number of nitrogens with zero attached hydrogens (tertiary/aromatic N) is 1. The monoisotopic (exact) mass is 278 g/mol. The van der Waals surface area contributed by atoms with Gasteiger partial charge in [0.05, 0.1) is 0 Å². The highest BCUT2D eigenvalue weighted by atomic mass is 32.1. The average Bonchev–Trinajstić information content (AvgIpc) is 2.73. The zero-order valence-electron chi connectivity index (χ0n) is 11.3. The minimum atomic E-state index is -0.140. The Kier molecular flexibility index (Phi) is 4.69. The van der Waals surface area contributed by atoms with Crippen molar-refractivity contribution in [1.29, 1.82) is 0 Å². The van der Waals surface area contributed by atoms with Crippen molar-refractivity contribution < 1.29 is 4.39 Å². The standard InChI is InChI=1S/C15H19FN2S/c1-11-13(7-14(8-17)19-11)10-18(2)9-12-5-3-4-6-15(12)16/h3-7H,8-10,17H2,1-2H3. The van der Waals surface area contributed by atoms with Gasteiger partial charge in [0.2, 0.25) is 0 Å². The molecule has 0 spiro atoms. The van der Waals surface area contributed by atoms with Crippen LogP contribution in [0.15, 0.2) is 30.3 Å². The molecule has 0 atom stereocenters. The van der Waals surface area contributed by atoms with E-state index in [-0.39, 0.29) is 5.82 Å². The Bertz CT molecular complexity index is 551. The molecule has 1 aromatic heterocycles. The van der Waals surface area contributed by atoms with E-state index in [2.05, 4.69) is 17.9 Å². The fourth-order valence-electron chi connectivity index (χ4n) is 2.11. The molecule has 0 aliphatic carbocycles. The lowest BCUT2D eigenvalue weighted by Gasteiger charge is -2.17. The van der Waals surface area contributed by atoms with E-state index < -0.39 is 0 Å². The zero-order valence-corrected chi connectivity index (χ0v) is 12.1. The van der Waals surface area contributed by atoms with Gasteiger partial charge in [0, 0.05) is 35.0 Å². The molecule has 1 aromatic carbocycles. The third-order valence-corrected chi connectivity index (χ3v) is 4.23. The number of rotatable bonds is 5. The van der Waals surface area contributed by atoms with Crippen molar-refractivity contribution in [2.75, 3.05) is 7.05 Å². The van der Waals surface area contributed by atoms with Gasteiger partial charge in [-0.2, -0.15) is 0 Å². The maximum atomic E-state index is 13.6. The number of thiophene rings is 1. The molecule has 2 nitrogen and oxygen atoms in total. The van der Waals surface area contributed by atoms with Crippen LogP contribution in [0.25, 0.3) is 0 Å². The molecule has 2 aromatic rings. The molecule has 0 saturated heterocycles. The summed E-state index contributed by atoms with van der Waals surface area (Å²) in [7, 11) is 2.01. The molecular weight excluding hydrogens is 259 g/mol. The highest BCUT2D eigenvalue weighted by Gasteiger charge is 2.09. The van der Waals surface area contributed by atoms with Crippen LogP contribution in [0.4, 0.5) is 4.39 Å². The van der Waals surface area contributed by atoms with Gasteiger partial charge in [-0.25, -0.2) is 4.39 Å². The molecule has 0 aliphatic heterocycles. The fraction of sp³-hybridized carbons (Fsp3) is 0.333. The first-order valence-corrected chi connectivity index (χ1v) is 7.12. The summed E-state index contributed by atoms with van der Waals surface area (Å²) >= 11 is 1.74. The molecule has 0 unspecified atom stereocenters. The van der Waals surface area contributed by atoms with E-state index >= 15 is 0 Å². The summed E-state index contributed by atoms with van der Waals surface area (Å²) in [6.07, 6.45) is 0. The third-order valence-electron chi connectivity index (χ3n) is 3.11.